The molecule has 0 N–H and O–H groups in total. The molecule has 0 spiro atoms. The molecule has 0 bridgehead atoms. The van der Waals surface area contributed by atoms with Gasteiger partial charge in [0, 0.05) is 30.4 Å². The largest absolute Gasteiger partial charge is 0.324 e. The highest BCUT2D eigenvalue weighted by Gasteiger charge is 2.45. The van der Waals surface area contributed by atoms with Gasteiger partial charge in [-0.2, -0.15) is 0 Å². The Bertz CT molecular complexity index is 619. The number of aromatic nitrogens is 1. The Labute approximate surface area is 117 Å². The fraction of sp³-hybridized carbons (Fsp3) is 0.400. The van der Waals surface area contributed by atoms with Gasteiger partial charge in [0.1, 0.15) is 0 Å². The molecule has 1 saturated heterocycles. The van der Waals surface area contributed by atoms with Crippen molar-refractivity contribution < 1.29 is 4.92 Å². The first-order chi connectivity index (χ1) is 9.50. The number of fused-ring (bicyclic) bond motifs is 1. The van der Waals surface area contributed by atoms with Crippen LogP contribution in [0.3, 0.4) is 0 Å². The van der Waals surface area contributed by atoms with Crippen molar-refractivity contribution in [2.75, 3.05) is 11.4 Å². The Morgan fingerprint density at radius 1 is 1.50 bits per heavy atom. The standard InChI is InChI=1S/C15H17N3O2/c1-15(2)10-17(12-7-4-3-6-11(12)15)14-13(18(19)20)8-5-9-16-14/h3-5,7-9,11H,6,10H2,1-2H3. The average molecular weight is 271 g/mol. The van der Waals surface area contributed by atoms with E-state index in [1.54, 1.807) is 12.3 Å². The minimum atomic E-state index is -0.359. The van der Waals surface area contributed by atoms with E-state index in [0.29, 0.717) is 11.7 Å². The van der Waals surface area contributed by atoms with Crippen LogP contribution in [0.25, 0.3) is 0 Å². The Hall–Kier alpha value is -2.17. The summed E-state index contributed by atoms with van der Waals surface area (Å²) in [4.78, 5) is 17.1. The van der Waals surface area contributed by atoms with Crippen LogP contribution in [0.15, 0.2) is 42.3 Å². The Balaban J connectivity index is 2.09. The Morgan fingerprint density at radius 2 is 2.30 bits per heavy atom. The zero-order valence-electron chi connectivity index (χ0n) is 11.6. The van der Waals surface area contributed by atoms with Crippen molar-refractivity contribution in [3.63, 3.8) is 0 Å². The SMILES string of the molecule is CC1(C)CN(c2ncccc2[N+](=O)[O-])C2=CC=CCC21. The molecule has 1 fully saturated rings. The van der Waals surface area contributed by atoms with Crippen molar-refractivity contribution in [1.29, 1.82) is 0 Å². The van der Waals surface area contributed by atoms with Crippen molar-refractivity contribution in [3.8, 4) is 0 Å². The maximum absolute atomic E-state index is 11.2. The third kappa shape index (κ3) is 1.90. The van der Waals surface area contributed by atoms with E-state index in [9.17, 15) is 10.1 Å². The predicted octanol–water partition coefficient (Wildman–Crippen LogP) is 3.30. The van der Waals surface area contributed by atoms with Gasteiger partial charge in [-0.15, -0.1) is 0 Å². The molecule has 5 nitrogen and oxygen atoms in total. The number of hydrogen-bond donors (Lipinski definition) is 0. The van der Waals surface area contributed by atoms with Gasteiger partial charge in [-0.1, -0.05) is 26.0 Å². The van der Waals surface area contributed by atoms with Gasteiger partial charge in [-0.05, 0) is 24.0 Å². The van der Waals surface area contributed by atoms with Crippen molar-refractivity contribution in [3.05, 3.63) is 52.4 Å². The number of pyridine rings is 1. The molecule has 3 rings (SSSR count). The molecule has 0 saturated carbocycles. The van der Waals surface area contributed by atoms with Crippen LogP contribution in [0.1, 0.15) is 20.3 Å². The second-order valence-corrected chi connectivity index (χ2v) is 5.99. The molecule has 1 aromatic rings. The minimum absolute atomic E-state index is 0.0689. The van der Waals surface area contributed by atoms with Crippen LogP contribution in [0.5, 0.6) is 0 Å². The van der Waals surface area contributed by atoms with E-state index < -0.39 is 0 Å². The quantitative estimate of drug-likeness (QED) is 0.611. The molecule has 1 aromatic heterocycles. The van der Waals surface area contributed by atoms with E-state index in [-0.39, 0.29) is 16.0 Å². The summed E-state index contributed by atoms with van der Waals surface area (Å²) in [6.07, 6.45) is 8.83. The van der Waals surface area contributed by atoms with E-state index >= 15 is 0 Å². The summed E-state index contributed by atoms with van der Waals surface area (Å²) < 4.78 is 0. The zero-order chi connectivity index (χ0) is 14.3. The number of anilines is 1. The summed E-state index contributed by atoms with van der Waals surface area (Å²) >= 11 is 0. The number of rotatable bonds is 2. The number of hydrogen-bond acceptors (Lipinski definition) is 4. The number of allylic oxidation sites excluding steroid dienone is 4. The molecule has 1 atom stereocenters. The lowest BCUT2D eigenvalue weighted by Gasteiger charge is -2.25. The lowest BCUT2D eigenvalue weighted by molar-refractivity contribution is -0.384. The summed E-state index contributed by atoms with van der Waals surface area (Å²) in [6, 6.07) is 3.12. The molecule has 2 aliphatic rings. The van der Waals surface area contributed by atoms with Gasteiger partial charge < -0.3 is 4.90 Å². The van der Waals surface area contributed by atoms with E-state index in [1.807, 2.05) is 11.0 Å². The normalized spacial score (nSPS) is 23.4. The highest BCUT2D eigenvalue weighted by atomic mass is 16.6. The van der Waals surface area contributed by atoms with Gasteiger partial charge in [0.05, 0.1) is 4.92 Å². The van der Waals surface area contributed by atoms with Crippen LogP contribution >= 0.6 is 0 Å². The van der Waals surface area contributed by atoms with E-state index in [0.717, 1.165) is 18.7 Å². The molecule has 104 valence electrons. The number of nitro groups is 1. The first kappa shape index (κ1) is 12.8. The maximum atomic E-state index is 11.2. The molecule has 2 heterocycles. The lowest BCUT2D eigenvalue weighted by Crippen LogP contribution is -2.24. The summed E-state index contributed by atoms with van der Waals surface area (Å²) in [5.74, 6) is 0.851. The van der Waals surface area contributed by atoms with Crippen molar-refractivity contribution in [1.82, 2.24) is 4.98 Å². The van der Waals surface area contributed by atoms with E-state index in [2.05, 4.69) is 31.0 Å². The predicted molar refractivity (Wildman–Crippen MR) is 77.3 cm³/mol. The van der Waals surface area contributed by atoms with Crippen LogP contribution in [0.2, 0.25) is 0 Å². The van der Waals surface area contributed by atoms with Gasteiger partial charge >= 0.3 is 5.69 Å². The fourth-order valence-corrected chi connectivity index (χ4v) is 3.16. The summed E-state index contributed by atoms with van der Waals surface area (Å²) in [7, 11) is 0. The van der Waals surface area contributed by atoms with Crippen LogP contribution in [0, 0.1) is 21.4 Å². The van der Waals surface area contributed by atoms with Crippen molar-refractivity contribution in [2.45, 2.75) is 20.3 Å². The molecule has 1 unspecified atom stereocenters. The third-order valence-corrected chi connectivity index (χ3v) is 4.17. The maximum Gasteiger partial charge on any atom is 0.311 e. The lowest BCUT2D eigenvalue weighted by atomic mass is 9.77. The average Bonchev–Trinajstić information content (AvgIpc) is 2.71. The summed E-state index contributed by atoms with van der Waals surface area (Å²) in [5.41, 5.74) is 1.29. The van der Waals surface area contributed by atoms with Crippen molar-refractivity contribution >= 4 is 11.5 Å². The smallest absolute Gasteiger partial charge is 0.311 e. The van der Waals surface area contributed by atoms with Gasteiger partial charge in [0.2, 0.25) is 5.82 Å². The Morgan fingerprint density at radius 3 is 3.05 bits per heavy atom. The minimum Gasteiger partial charge on any atom is -0.324 e. The second-order valence-electron chi connectivity index (χ2n) is 5.99. The van der Waals surface area contributed by atoms with Crippen molar-refractivity contribution in [2.24, 2.45) is 11.3 Å². The summed E-state index contributed by atoms with van der Waals surface area (Å²) in [6.45, 7) is 5.17. The zero-order valence-corrected chi connectivity index (χ0v) is 11.6. The molecule has 0 aromatic carbocycles. The topological polar surface area (TPSA) is 59.3 Å². The third-order valence-electron chi connectivity index (χ3n) is 4.17. The molecule has 1 aliphatic carbocycles. The van der Waals surface area contributed by atoms with Gasteiger partial charge in [-0.25, -0.2) is 4.98 Å². The van der Waals surface area contributed by atoms with Crippen LogP contribution in [-0.2, 0) is 0 Å². The summed E-state index contributed by atoms with van der Waals surface area (Å²) in [5, 5.41) is 11.2. The van der Waals surface area contributed by atoms with Gasteiger partial charge in [0.25, 0.3) is 0 Å². The highest BCUT2D eigenvalue weighted by Crippen LogP contribution is 2.48. The molecule has 1 aliphatic heterocycles. The van der Waals surface area contributed by atoms with Crippen LogP contribution in [-0.4, -0.2) is 16.5 Å². The molecule has 0 radical (unpaired) electrons. The van der Waals surface area contributed by atoms with Gasteiger partial charge in [0.15, 0.2) is 0 Å². The monoisotopic (exact) mass is 271 g/mol. The number of nitrogens with zero attached hydrogens (tertiary/aromatic N) is 3. The fourth-order valence-electron chi connectivity index (χ4n) is 3.16. The van der Waals surface area contributed by atoms with E-state index in [4.69, 9.17) is 0 Å². The molecular formula is C15H17N3O2. The van der Waals surface area contributed by atoms with Gasteiger partial charge in [-0.3, -0.25) is 10.1 Å². The highest BCUT2D eigenvalue weighted by molar-refractivity contribution is 5.63. The van der Waals surface area contributed by atoms with E-state index in [1.165, 1.54) is 6.07 Å². The van der Waals surface area contributed by atoms with Crippen LogP contribution < -0.4 is 4.90 Å². The molecule has 20 heavy (non-hydrogen) atoms. The molecular weight excluding hydrogens is 254 g/mol. The molecule has 5 heteroatoms. The Kier molecular flexibility index (Phi) is 2.85. The second kappa shape index (κ2) is 4.44. The molecule has 0 amide bonds. The first-order valence-electron chi connectivity index (χ1n) is 6.74. The van der Waals surface area contributed by atoms with Crippen LogP contribution in [0.4, 0.5) is 11.5 Å². The first-order valence-corrected chi connectivity index (χ1v) is 6.74.